The molecule has 1 atom stereocenters. The molecule has 0 spiro atoms. The van der Waals surface area contributed by atoms with Gasteiger partial charge in [-0.1, -0.05) is 80.6 Å². The first kappa shape index (κ1) is 31.1. The smallest absolute Gasteiger partial charge is 0.341 e. The van der Waals surface area contributed by atoms with Gasteiger partial charge in [0.25, 0.3) is 0 Å². The van der Waals surface area contributed by atoms with Crippen molar-refractivity contribution in [2.24, 2.45) is 0 Å². The number of allylic oxidation sites excluding steroid dienone is 1. The van der Waals surface area contributed by atoms with Crippen molar-refractivity contribution in [1.82, 2.24) is 14.8 Å². The number of anilines is 1. The number of rotatable bonds is 11. The number of aromatic nitrogens is 3. The highest BCUT2D eigenvalue weighted by molar-refractivity contribution is 7.99. The molecule has 4 rings (SSSR count). The van der Waals surface area contributed by atoms with Crippen molar-refractivity contribution in [3.8, 4) is 16.9 Å². The molecule has 0 radical (unpaired) electrons. The zero-order valence-corrected chi connectivity index (χ0v) is 26.4. The van der Waals surface area contributed by atoms with Gasteiger partial charge in [0.05, 0.1) is 12.9 Å². The van der Waals surface area contributed by atoms with Gasteiger partial charge in [-0.15, -0.1) is 28.1 Å². The van der Waals surface area contributed by atoms with Crippen LogP contribution in [0.25, 0.3) is 11.1 Å². The van der Waals surface area contributed by atoms with Crippen molar-refractivity contribution < 1.29 is 19.1 Å². The molecular weight excluding hydrogens is 569 g/mol. The number of nitrogens with zero attached hydrogens (tertiary/aromatic N) is 3. The van der Waals surface area contributed by atoms with E-state index >= 15 is 0 Å². The molecule has 220 valence electrons. The Kier molecular flexibility index (Phi) is 9.90. The molecule has 8 nitrogen and oxygen atoms in total. The second-order valence-electron chi connectivity index (χ2n) is 10.8. The third-order valence-electron chi connectivity index (χ3n) is 6.58. The molecule has 0 aliphatic heterocycles. The number of carbonyl (C=O) groups excluding carboxylic acids is 2. The number of amides is 1. The zero-order valence-electron chi connectivity index (χ0n) is 24.8. The number of thioether (sulfide) groups is 1. The summed E-state index contributed by atoms with van der Waals surface area (Å²) in [5.41, 5.74) is 4.32. The molecule has 0 saturated heterocycles. The molecule has 10 heteroatoms. The van der Waals surface area contributed by atoms with Gasteiger partial charge >= 0.3 is 5.97 Å². The van der Waals surface area contributed by atoms with Crippen LogP contribution in [0.2, 0.25) is 0 Å². The first-order valence-electron chi connectivity index (χ1n) is 13.5. The lowest BCUT2D eigenvalue weighted by atomic mass is 9.87. The van der Waals surface area contributed by atoms with E-state index < -0.39 is 5.97 Å². The van der Waals surface area contributed by atoms with Crippen LogP contribution in [0.4, 0.5) is 5.00 Å². The molecule has 0 saturated carbocycles. The summed E-state index contributed by atoms with van der Waals surface area (Å²) in [4.78, 5) is 25.7. The number of benzene rings is 2. The summed E-state index contributed by atoms with van der Waals surface area (Å²) in [6.45, 7) is 14.7. The molecule has 42 heavy (non-hydrogen) atoms. The lowest BCUT2D eigenvalue weighted by molar-refractivity contribution is -0.113. The van der Waals surface area contributed by atoms with E-state index in [0.29, 0.717) is 33.7 Å². The Balaban J connectivity index is 1.46. The molecule has 2 aromatic heterocycles. The van der Waals surface area contributed by atoms with Crippen LogP contribution in [0.1, 0.15) is 61.1 Å². The number of ether oxygens (including phenoxy) is 2. The first-order chi connectivity index (χ1) is 20.0. The Hall–Kier alpha value is -3.89. The fraction of sp³-hybridized carbons (Fsp3) is 0.312. The second-order valence-corrected chi connectivity index (χ2v) is 12.6. The van der Waals surface area contributed by atoms with Gasteiger partial charge in [0.15, 0.2) is 17.1 Å². The van der Waals surface area contributed by atoms with Crippen molar-refractivity contribution in [1.29, 1.82) is 0 Å². The van der Waals surface area contributed by atoms with Gasteiger partial charge in [0.2, 0.25) is 5.91 Å². The van der Waals surface area contributed by atoms with Crippen molar-refractivity contribution in [3.05, 3.63) is 89.1 Å². The maximum absolute atomic E-state index is 13.0. The van der Waals surface area contributed by atoms with Crippen molar-refractivity contribution in [2.45, 2.75) is 57.8 Å². The molecule has 4 aromatic rings. The van der Waals surface area contributed by atoms with Gasteiger partial charge in [0.1, 0.15) is 16.3 Å². The summed E-state index contributed by atoms with van der Waals surface area (Å²) in [7, 11) is 1.33. The summed E-state index contributed by atoms with van der Waals surface area (Å²) in [5, 5.41) is 14.4. The zero-order chi connectivity index (χ0) is 30.4. The molecule has 0 bridgehead atoms. The topological polar surface area (TPSA) is 95.3 Å². The number of hydrogen-bond donors (Lipinski definition) is 1. The Bertz CT molecular complexity index is 1550. The number of carbonyl (C=O) groups is 2. The Labute approximate surface area is 255 Å². The quantitative estimate of drug-likeness (QED) is 0.108. The summed E-state index contributed by atoms with van der Waals surface area (Å²) in [5.74, 6) is 0.649. The lowest BCUT2D eigenvalue weighted by Gasteiger charge is -2.20. The van der Waals surface area contributed by atoms with Gasteiger partial charge in [-0.05, 0) is 42.5 Å². The predicted molar refractivity (Wildman–Crippen MR) is 170 cm³/mol. The third-order valence-corrected chi connectivity index (χ3v) is 8.44. The van der Waals surface area contributed by atoms with Crippen LogP contribution in [0.15, 0.2) is 71.7 Å². The van der Waals surface area contributed by atoms with Gasteiger partial charge in [-0.25, -0.2) is 4.79 Å². The highest BCUT2D eigenvalue weighted by Gasteiger charge is 2.24. The maximum atomic E-state index is 13.0. The Morgan fingerprint density at radius 2 is 1.81 bits per heavy atom. The van der Waals surface area contributed by atoms with E-state index in [1.807, 2.05) is 60.2 Å². The fourth-order valence-corrected chi connectivity index (χ4v) is 6.02. The molecule has 1 N–H and O–H groups in total. The Morgan fingerprint density at radius 3 is 2.43 bits per heavy atom. The van der Waals surface area contributed by atoms with Crippen molar-refractivity contribution in [2.75, 3.05) is 18.2 Å². The van der Waals surface area contributed by atoms with Crippen LogP contribution in [0, 0.1) is 6.92 Å². The molecule has 1 unspecified atom stereocenters. The molecule has 0 fully saturated rings. The molecule has 1 amide bonds. The monoisotopic (exact) mass is 604 g/mol. The standard InChI is InChI=1S/C32H36N4O4S2/c1-8-17-36-28(21(3)40-24-15-13-23(14-16-24)32(4,5)6)34-35-31(36)42-19-26(37)33-29-27(30(38)39-7)25(18-41-29)22-11-9-20(2)10-12-22/h8-16,18,21H,1,17,19H2,2-7H3,(H,33,37). The van der Waals surface area contributed by atoms with Crippen LogP contribution < -0.4 is 10.1 Å². The average molecular weight is 605 g/mol. The number of aryl methyl sites for hydroxylation is 1. The van der Waals surface area contributed by atoms with Gasteiger partial charge < -0.3 is 14.8 Å². The number of methoxy groups -OCH3 is 1. The summed E-state index contributed by atoms with van der Waals surface area (Å²) >= 11 is 2.54. The van der Waals surface area contributed by atoms with Gasteiger partial charge in [0, 0.05) is 17.5 Å². The molecule has 2 aromatic carbocycles. The van der Waals surface area contributed by atoms with Crippen LogP contribution in [-0.2, 0) is 21.5 Å². The predicted octanol–water partition coefficient (Wildman–Crippen LogP) is 7.46. The minimum atomic E-state index is -0.507. The number of hydrogen-bond acceptors (Lipinski definition) is 8. The van der Waals surface area contributed by atoms with Crippen LogP contribution in [-0.4, -0.2) is 39.5 Å². The second kappa shape index (κ2) is 13.4. The van der Waals surface area contributed by atoms with Crippen LogP contribution in [0.3, 0.4) is 0 Å². The van der Waals surface area contributed by atoms with Crippen LogP contribution >= 0.6 is 23.1 Å². The maximum Gasteiger partial charge on any atom is 0.341 e. The van der Waals surface area contributed by atoms with E-state index in [1.165, 1.54) is 35.8 Å². The average Bonchev–Trinajstić information content (AvgIpc) is 3.56. The van der Waals surface area contributed by atoms with Crippen molar-refractivity contribution >= 4 is 40.0 Å². The molecule has 0 aliphatic rings. The van der Waals surface area contributed by atoms with Gasteiger partial charge in [-0.3, -0.25) is 9.36 Å². The lowest BCUT2D eigenvalue weighted by Crippen LogP contribution is -2.17. The largest absolute Gasteiger partial charge is 0.483 e. The Morgan fingerprint density at radius 1 is 1.12 bits per heavy atom. The summed E-state index contributed by atoms with van der Waals surface area (Å²) in [6, 6.07) is 15.9. The molecular formula is C32H36N4O4S2. The first-order valence-corrected chi connectivity index (χ1v) is 15.4. The fourth-order valence-electron chi connectivity index (χ4n) is 4.29. The normalized spacial score (nSPS) is 12.0. The minimum absolute atomic E-state index is 0.0560. The van der Waals surface area contributed by atoms with E-state index in [-0.39, 0.29) is 23.2 Å². The highest BCUT2D eigenvalue weighted by atomic mass is 32.2. The summed E-state index contributed by atoms with van der Waals surface area (Å²) < 4.78 is 13.1. The molecule has 2 heterocycles. The van der Waals surface area contributed by atoms with Gasteiger partial charge in [-0.2, -0.15) is 0 Å². The highest BCUT2D eigenvalue weighted by Crippen LogP contribution is 2.36. The van der Waals surface area contributed by atoms with E-state index in [2.05, 4.69) is 55.0 Å². The van der Waals surface area contributed by atoms with E-state index in [1.54, 1.807) is 6.08 Å². The van der Waals surface area contributed by atoms with E-state index in [4.69, 9.17) is 9.47 Å². The minimum Gasteiger partial charge on any atom is -0.483 e. The number of nitrogens with one attached hydrogen (secondary N) is 1. The number of thiophene rings is 1. The van der Waals surface area contributed by atoms with E-state index in [0.717, 1.165) is 16.9 Å². The van der Waals surface area contributed by atoms with Crippen LogP contribution in [0.5, 0.6) is 5.75 Å². The van der Waals surface area contributed by atoms with E-state index in [9.17, 15) is 9.59 Å². The number of esters is 1. The SMILES string of the molecule is C=CCn1c(SCC(=O)Nc2scc(-c3ccc(C)cc3)c2C(=O)OC)nnc1C(C)Oc1ccc(C(C)(C)C)cc1. The third kappa shape index (κ3) is 7.30. The van der Waals surface area contributed by atoms with Crippen molar-refractivity contribution in [3.63, 3.8) is 0 Å². The summed E-state index contributed by atoms with van der Waals surface area (Å²) in [6.07, 6.45) is 1.37. The molecule has 0 aliphatic carbocycles.